The van der Waals surface area contributed by atoms with Crippen molar-refractivity contribution in [2.75, 3.05) is 23.7 Å². The van der Waals surface area contributed by atoms with Crippen molar-refractivity contribution in [3.8, 4) is 0 Å². The normalized spacial score (nSPS) is 16.6. The zero-order valence-corrected chi connectivity index (χ0v) is 10.4. The van der Waals surface area contributed by atoms with Crippen LogP contribution in [0.5, 0.6) is 0 Å². The maximum absolute atomic E-state index is 10.5. The number of carbonyl (C=O) groups is 1. The van der Waals surface area contributed by atoms with Gasteiger partial charge in [0.25, 0.3) is 0 Å². The molecule has 0 bridgehead atoms. The van der Waals surface area contributed by atoms with Crippen molar-refractivity contribution in [3.63, 3.8) is 0 Å². The summed E-state index contributed by atoms with van der Waals surface area (Å²) in [6.45, 7) is 1.41. The Balaban J connectivity index is 2.01. The van der Waals surface area contributed by atoms with E-state index in [1.807, 2.05) is 4.90 Å². The number of nitrogens with two attached hydrogens (primary N) is 1. The summed E-state index contributed by atoms with van der Waals surface area (Å²) in [5.74, 6) is 0.337. The molecule has 7 nitrogen and oxygen atoms in total. The Morgan fingerprint density at radius 3 is 2.78 bits per heavy atom. The Morgan fingerprint density at radius 1 is 1.50 bits per heavy atom. The molecule has 0 aliphatic carbocycles. The van der Waals surface area contributed by atoms with Crippen LogP contribution in [0, 0.1) is 0 Å². The van der Waals surface area contributed by atoms with Gasteiger partial charge in [0, 0.05) is 25.2 Å². The van der Waals surface area contributed by atoms with Gasteiger partial charge in [-0.25, -0.2) is 4.79 Å². The van der Waals surface area contributed by atoms with Crippen molar-refractivity contribution >= 4 is 29.2 Å². The highest BCUT2D eigenvalue weighted by atomic mass is 35.5. The first-order valence-electron chi connectivity index (χ1n) is 5.59. The van der Waals surface area contributed by atoms with Crippen molar-refractivity contribution in [2.45, 2.75) is 18.9 Å². The van der Waals surface area contributed by atoms with Gasteiger partial charge < -0.3 is 21.1 Å². The first-order chi connectivity index (χ1) is 8.56. The zero-order valence-electron chi connectivity index (χ0n) is 9.64. The molecule has 2 rings (SSSR count). The van der Waals surface area contributed by atoms with Gasteiger partial charge in [0.2, 0.25) is 0 Å². The third-order valence-electron chi connectivity index (χ3n) is 2.93. The van der Waals surface area contributed by atoms with Crippen LogP contribution in [0.15, 0.2) is 6.07 Å². The molecule has 0 aromatic carbocycles. The molecule has 1 aromatic rings. The quantitative estimate of drug-likeness (QED) is 0.740. The molecular formula is C10H14ClN5O2. The van der Waals surface area contributed by atoms with Crippen LogP contribution < -0.4 is 16.0 Å². The number of amides is 1. The first-order valence-corrected chi connectivity index (χ1v) is 5.97. The molecule has 8 heteroatoms. The fraction of sp³-hybridized carbons (Fsp3) is 0.500. The van der Waals surface area contributed by atoms with Gasteiger partial charge in [-0.05, 0) is 12.8 Å². The Bertz CT molecular complexity index is 448. The molecule has 98 valence electrons. The summed E-state index contributed by atoms with van der Waals surface area (Å²) in [6.07, 6.45) is 0.471. The van der Waals surface area contributed by atoms with Gasteiger partial charge in [-0.1, -0.05) is 11.6 Å². The molecule has 1 saturated heterocycles. The van der Waals surface area contributed by atoms with E-state index in [-0.39, 0.29) is 6.04 Å². The summed E-state index contributed by atoms with van der Waals surface area (Å²) >= 11 is 5.79. The van der Waals surface area contributed by atoms with E-state index >= 15 is 0 Å². The summed E-state index contributed by atoms with van der Waals surface area (Å²) in [6, 6.07) is 1.67. The molecule has 1 aliphatic rings. The number of rotatable bonds is 2. The zero-order chi connectivity index (χ0) is 13.1. The Kier molecular flexibility index (Phi) is 3.71. The number of halogens is 1. The third kappa shape index (κ3) is 2.92. The van der Waals surface area contributed by atoms with Gasteiger partial charge in [-0.3, -0.25) is 0 Å². The fourth-order valence-electron chi connectivity index (χ4n) is 2.06. The number of piperidine rings is 1. The van der Waals surface area contributed by atoms with E-state index in [9.17, 15) is 4.79 Å². The molecule has 1 amide bonds. The lowest BCUT2D eigenvalue weighted by Gasteiger charge is -2.33. The van der Waals surface area contributed by atoms with Gasteiger partial charge in [-0.15, -0.1) is 10.2 Å². The van der Waals surface area contributed by atoms with Crippen molar-refractivity contribution in [1.29, 1.82) is 0 Å². The molecule has 4 N–H and O–H groups in total. The van der Waals surface area contributed by atoms with Crippen LogP contribution in [-0.2, 0) is 0 Å². The number of hydrogen-bond donors (Lipinski definition) is 3. The lowest BCUT2D eigenvalue weighted by atomic mass is 10.0. The highest BCUT2D eigenvalue weighted by Crippen LogP contribution is 2.26. The van der Waals surface area contributed by atoms with E-state index in [0.717, 1.165) is 18.5 Å². The second kappa shape index (κ2) is 5.26. The molecule has 18 heavy (non-hydrogen) atoms. The molecule has 0 spiro atoms. The molecule has 1 fully saturated rings. The maximum atomic E-state index is 10.5. The maximum Gasteiger partial charge on any atom is 0.404 e. The second-order valence-electron chi connectivity index (χ2n) is 4.15. The number of aromatic nitrogens is 2. The van der Waals surface area contributed by atoms with Crippen LogP contribution >= 0.6 is 11.6 Å². The van der Waals surface area contributed by atoms with Crippen LogP contribution in [0.4, 0.5) is 16.3 Å². The Hall–Kier alpha value is -1.76. The minimum atomic E-state index is -0.985. The van der Waals surface area contributed by atoms with Crippen molar-refractivity contribution in [3.05, 3.63) is 11.2 Å². The molecular weight excluding hydrogens is 258 g/mol. The number of hydrogen-bond acceptors (Lipinski definition) is 5. The van der Waals surface area contributed by atoms with Crippen LogP contribution in [0.25, 0.3) is 0 Å². The van der Waals surface area contributed by atoms with Crippen molar-refractivity contribution in [2.24, 2.45) is 0 Å². The van der Waals surface area contributed by atoms with E-state index in [2.05, 4.69) is 15.5 Å². The molecule has 0 saturated carbocycles. The number of carboxylic acid groups (broad SMARTS) is 1. The van der Waals surface area contributed by atoms with Crippen molar-refractivity contribution in [1.82, 2.24) is 15.5 Å². The monoisotopic (exact) mass is 271 g/mol. The topological polar surface area (TPSA) is 104 Å². The fourth-order valence-corrected chi connectivity index (χ4v) is 2.20. The number of nitrogen functional groups attached to an aromatic ring is 1. The molecule has 1 aromatic heterocycles. The minimum Gasteiger partial charge on any atom is -0.465 e. The summed E-state index contributed by atoms with van der Waals surface area (Å²) in [4.78, 5) is 12.6. The van der Waals surface area contributed by atoms with Crippen LogP contribution in [0.1, 0.15) is 12.8 Å². The van der Waals surface area contributed by atoms with Crippen LogP contribution in [0.3, 0.4) is 0 Å². The van der Waals surface area contributed by atoms with Gasteiger partial charge in [0.1, 0.15) is 0 Å². The third-order valence-corrected chi connectivity index (χ3v) is 3.12. The predicted octanol–water partition coefficient (Wildman–Crippen LogP) is 0.949. The van der Waals surface area contributed by atoms with Gasteiger partial charge in [0.05, 0.1) is 5.69 Å². The van der Waals surface area contributed by atoms with Crippen LogP contribution in [-0.4, -0.2) is 40.5 Å². The average Bonchev–Trinajstić information content (AvgIpc) is 2.33. The second-order valence-corrected chi connectivity index (χ2v) is 4.54. The largest absolute Gasteiger partial charge is 0.465 e. The predicted molar refractivity (Wildman–Crippen MR) is 67.8 cm³/mol. The summed E-state index contributed by atoms with van der Waals surface area (Å²) < 4.78 is 0. The van der Waals surface area contributed by atoms with E-state index in [1.54, 1.807) is 6.07 Å². The number of nitrogens with one attached hydrogen (secondary N) is 1. The number of anilines is 2. The first kappa shape index (κ1) is 12.7. The SMILES string of the molecule is Nc1nnc(Cl)cc1N1CCC(NC(=O)O)CC1. The molecule has 0 unspecified atom stereocenters. The Morgan fingerprint density at radius 2 is 2.17 bits per heavy atom. The summed E-state index contributed by atoms with van der Waals surface area (Å²) in [5.41, 5.74) is 6.51. The van der Waals surface area contributed by atoms with Gasteiger partial charge in [-0.2, -0.15) is 0 Å². The highest BCUT2D eigenvalue weighted by molar-refractivity contribution is 6.29. The summed E-state index contributed by atoms with van der Waals surface area (Å²) in [7, 11) is 0. The average molecular weight is 272 g/mol. The van der Waals surface area contributed by atoms with E-state index < -0.39 is 6.09 Å². The van der Waals surface area contributed by atoms with Gasteiger partial charge >= 0.3 is 6.09 Å². The van der Waals surface area contributed by atoms with Crippen molar-refractivity contribution < 1.29 is 9.90 Å². The molecule has 0 radical (unpaired) electrons. The molecule has 2 heterocycles. The highest BCUT2D eigenvalue weighted by Gasteiger charge is 2.22. The van der Waals surface area contributed by atoms with E-state index in [4.69, 9.17) is 22.4 Å². The van der Waals surface area contributed by atoms with E-state index in [0.29, 0.717) is 24.1 Å². The summed E-state index contributed by atoms with van der Waals surface area (Å²) in [5, 5.41) is 18.9. The molecule has 1 aliphatic heterocycles. The standard InChI is InChI=1S/C10H14ClN5O2/c11-8-5-7(9(12)15-14-8)16-3-1-6(2-4-16)13-10(17)18/h5-6,13H,1-4H2,(H2,12,15)(H,17,18). The van der Waals surface area contributed by atoms with Gasteiger partial charge in [0.15, 0.2) is 11.0 Å². The van der Waals surface area contributed by atoms with E-state index in [1.165, 1.54) is 0 Å². The number of nitrogens with zero attached hydrogens (tertiary/aromatic N) is 3. The smallest absolute Gasteiger partial charge is 0.404 e. The minimum absolute atomic E-state index is 0.00903. The Labute approximate surface area is 109 Å². The lowest BCUT2D eigenvalue weighted by Crippen LogP contribution is -2.44. The van der Waals surface area contributed by atoms with Crippen LogP contribution in [0.2, 0.25) is 5.15 Å². The molecule has 0 atom stereocenters. The lowest BCUT2D eigenvalue weighted by molar-refractivity contribution is 0.187.